The fraction of sp³-hybridized carbons (Fsp3) is 0.552. The number of amides is 1. The van der Waals surface area contributed by atoms with E-state index >= 15 is 0 Å². The number of aliphatic hydroxyl groups is 3. The molecule has 1 aromatic carbocycles. The molecule has 3 aliphatic carbocycles. The van der Waals surface area contributed by atoms with E-state index in [1.165, 1.54) is 25.1 Å². The lowest BCUT2D eigenvalue weighted by atomic mass is 9.57. The lowest BCUT2D eigenvalue weighted by molar-refractivity contribution is -0.153. The van der Waals surface area contributed by atoms with Crippen LogP contribution in [0, 0.1) is 17.3 Å². The summed E-state index contributed by atoms with van der Waals surface area (Å²) < 4.78 is 70.7. The highest BCUT2D eigenvalue weighted by Crippen LogP contribution is 2.54. The van der Waals surface area contributed by atoms with E-state index in [4.69, 9.17) is 18.1 Å². The molecule has 0 bridgehead atoms. The number of anilines is 1. The minimum absolute atomic E-state index is 0.00355. The van der Waals surface area contributed by atoms with Crippen LogP contribution in [0.4, 0.5) is 5.69 Å². The van der Waals surface area contributed by atoms with Crippen molar-refractivity contribution in [3.8, 4) is 5.75 Å². The Morgan fingerprint density at radius 2 is 1.85 bits per heavy atom. The van der Waals surface area contributed by atoms with Crippen LogP contribution < -0.4 is 16.0 Å². The Morgan fingerprint density at radius 1 is 1.20 bits per heavy atom. The van der Waals surface area contributed by atoms with Crippen LogP contribution >= 0.6 is 0 Å². The highest BCUT2D eigenvalue weighted by molar-refractivity contribution is 6.24. The Kier molecular flexibility index (Phi) is 4.86. The van der Waals surface area contributed by atoms with Gasteiger partial charge in [0.15, 0.2) is 11.4 Å². The number of carbonyl (C=O) groups is 3. The number of fused-ring (bicyclic) bond motifs is 3. The summed E-state index contributed by atoms with van der Waals surface area (Å²) in [5, 5.41) is 48.6. The fourth-order valence-electron chi connectivity index (χ4n) is 6.26. The quantitative estimate of drug-likeness (QED) is 0.274. The molecule has 0 radical (unpaired) electrons. The molecular formula is C29H40N4O7. The van der Waals surface area contributed by atoms with Gasteiger partial charge in [-0.15, -0.1) is 0 Å². The number of nitrogens with zero attached hydrogens (tertiary/aromatic N) is 2. The first-order chi connectivity index (χ1) is 22.2. The molecule has 7 N–H and O–H groups in total. The van der Waals surface area contributed by atoms with E-state index in [0.29, 0.717) is 11.3 Å². The number of Topliss-reactive ketones (excluding diaryl/α,β-unsaturated/α-hetero) is 2. The monoisotopic (exact) mass is 565 g/mol. The van der Waals surface area contributed by atoms with E-state index in [2.05, 4.69) is 5.32 Å². The Morgan fingerprint density at radius 3 is 2.40 bits per heavy atom. The standard InChI is InChI=1S/C29H40N4O7/c1-28(2,3)12-31-11-14-10-17(32(4)5)15-8-13-9-16-21(33(6)7)24(36)20(27(30)39)26(38)29(16,40)25(37)18(13)23(35)19(15)22(14)34/h10,13,16,21,31,34-35,38,40H,8-9,11-12H2,1-7H3,(H2,30,39)/t13-,16-,21-,29-/m0/s1/i1D3,2D3,3D3. The number of phenols is 1. The topological polar surface area (TPSA) is 177 Å². The molecule has 1 saturated carbocycles. The molecule has 0 aliphatic heterocycles. The number of aliphatic hydroxyl groups excluding tert-OH is 2. The van der Waals surface area contributed by atoms with Gasteiger partial charge in [0.2, 0.25) is 5.78 Å². The number of carbonyl (C=O) groups excluding carboxylic acids is 3. The van der Waals surface area contributed by atoms with Gasteiger partial charge in [-0.1, -0.05) is 20.6 Å². The molecule has 4 atom stereocenters. The minimum atomic E-state index is -3.47. The maximum atomic E-state index is 14.2. The molecule has 1 aromatic rings. The smallest absolute Gasteiger partial charge is 0.255 e. The van der Waals surface area contributed by atoms with Gasteiger partial charge in [-0.2, -0.15) is 0 Å². The SMILES string of the molecule is [2H]C([2H])([2H])C(CNCc1cc(N(C)C)c2c(c1O)C(O)=C1C(=O)[C@]3(O)C(O)=C(C(N)=O)C(=O)[C@@H](N(C)C)[C@@H]3C[C@@H]1C2)(C([2H])([2H])[2H])C([2H])([2H])[2H]. The zero-order chi connectivity index (χ0) is 37.6. The second-order valence-corrected chi connectivity index (χ2v) is 11.1. The summed E-state index contributed by atoms with van der Waals surface area (Å²) in [7, 11) is 6.26. The van der Waals surface area contributed by atoms with Crippen molar-refractivity contribution >= 4 is 28.9 Å². The Balaban J connectivity index is 1.87. The molecule has 40 heavy (non-hydrogen) atoms. The number of phenolic OH excluding ortho intramolecular Hbond substituents is 1. The van der Waals surface area contributed by atoms with Crippen LogP contribution in [0.3, 0.4) is 0 Å². The lowest BCUT2D eigenvalue weighted by Crippen LogP contribution is -2.65. The van der Waals surface area contributed by atoms with Crippen LogP contribution in [0.5, 0.6) is 5.75 Å². The third-order valence-electron chi connectivity index (χ3n) is 7.96. The van der Waals surface area contributed by atoms with Crippen molar-refractivity contribution in [2.75, 3.05) is 39.6 Å². The number of nitrogens with one attached hydrogen (secondary N) is 1. The molecule has 0 unspecified atom stereocenters. The summed E-state index contributed by atoms with van der Waals surface area (Å²) in [4.78, 5) is 42.7. The van der Waals surface area contributed by atoms with Crippen molar-refractivity contribution in [3.05, 3.63) is 39.7 Å². The summed E-state index contributed by atoms with van der Waals surface area (Å²) in [6, 6.07) is 0.224. The molecule has 11 nitrogen and oxygen atoms in total. The van der Waals surface area contributed by atoms with Crippen LogP contribution in [0.2, 0.25) is 0 Å². The van der Waals surface area contributed by atoms with E-state index < -0.39 is 103 Å². The maximum absolute atomic E-state index is 14.2. The number of ketones is 2. The Hall–Kier alpha value is -3.41. The van der Waals surface area contributed by atoms with E-state index in [0.717, 1.165) is 0 Å². The van der Waals surface area contributed by atoms with Crippen molar-refractivity contribution in [3.63, 3.8) is 0 Å². The van der Waals surface area contributed by atoms with Gasteiger partial charge >= 0.3 is 0 Å². The van der Waals surface area contributed by atoms with Gasteiger partial charge in [0.25, 0.3) is 5.91 Å². The first kappa shape index (κ1) is 19.6. The maximum Gasteiger partial charge on any atom is 0.255 e. The third kappa shape index (κ3) is 4.46. The molecule has 1 fully saturated rings. The van der Waals surface area contributed by atoms with Gasteiger partial charge in [0, 0.05) is 62.3 Å². The van der Waals surface area contributed by atoms with Gasteiger partial charge in [-0.3, -0.25) is 19.3 Å². The Labute approximate surface area is 246 Å². The first-order valence-corrected chi connectivity index (χ1v) is 12.6. The van der Waals surface area contributed by atoms with Crippen LogP contribution in [0.15, 0.2) is 23.0 Å². The molecule has 4 rings (SSSR count). The van der Waals surface area contributed by atoms with Gasteiger partial charge in [0.05, 0.1) is 11.6 Å². The van der Waals surface area contributed by atoms with Gasteiger partial charge in [-0.25, -0.2) is 0 Å². The predicted molar refractivity (Wildman–Crippen MR) is 150 cm³/mol. The molecule has 0 spiro atoms. The summed E-state index contributed by atoms with van der Waals surface area (Å²) >= 11 is 0. The van der Waals surface area contributed by atoms with E-state index in [9.17, 15) is 34.8 Å². The van der Waals surface area contributed by atoms with Crippen molar-refractivity contribution in [1.82, 2.24) is 10.2 Å². The van der Waals surface area contributed by atoms with Gasteiger partial charge in [-0.05, 0) is 49.9 Å². The zero-order valence-corrected chi connectivity index (χ0v) is 22.6. The molecule has 0 saturated heterocycles. The average Bonchev–Trinajstić information content (AvgIpc) is 2.91. The number of nitrogens with two attached hydrogens (primary N) is 1. The van der Waals surface area contributed by atoms with Crippen molar-refractivity contribution in [2.45, 2.75) is 51.6 Å². The van der Waals surface area contributed by atoms with Crippen LogP contribution in [-0.2, 0) is 27.3 Å². The number of rotatable bonds is 6. The predicted octanol–water partition coefficient (Wildman–Crippen LogP) is 1.17. The molecule has 218 valence electrons. The summed E-state index contributed by atoms with van der Waals surface area (Å²) in [5.74, 6) is -8.16. The normalized spacial score (nSPS) is 30.9. The lowest BCUT2D eigenvalue weighted by Gasteiger charge is -2.50. The van der Waals surface area contributed by atoms with Crippen LogP contribution in [-0.4, -0.2) is 89.2 Å². The van der Waals surface area contributed by atoms with Gasteiger partial charge in [0.1, 0.15) is 22.8 Å². The summed E-state index contributed by atoms with van der Waals surface area (Å²) in [6.45, 7) is -11.9. The number of hydrogen-bond acceptors (Lipinski definition) is 10. The van der Waals surface area contributed by atoms with Crippen molar-refractivity contribution in [2.24, 2.45) is 23.0 Å². The number of likely N-dealkylation sites (N-methyl/N-ethyl adjacent to an activating group) is 1. The third-order valence-corrected chi connectivity index (χ3v) is 7.96. The zero-order valence-electron chi connectivity index (χ0n) is 31.6. The van der Waals surface area contributed by atoms with E-state index in [1.54, 1.807) is 19.0 Å². The minimum Gasteiger partial charge on any atom is -0.508 e. The summed E-state index contributed by atoms with van der Waals surface area (Å²) in [6.07, 6.45) is -0.117. The largest absolute Gasteiger partial charge is 0.508 e. The fourth-order valence-corrected chi connectivity index (χ4v) is 6.26. The number of aromatic hydroxyl groups is 1. The second kappa shape index (κ2) is 9.90. The number of benzene rings is 1. The number of primary amides is 1. The second-order valence-electron chi connectivity index (χ2n) is 11.1. The summed E-state index contributed by atoms with van der Waals surface area (Å²) in [5.41, 5.74) is -1.50. The van der Waals surface area contributed by atoms with E-state index in [-0.39, 0.29) is 29.5 Å². The Bertz CT molecular complexity index is 1630. The van der Waals surface area contributed by atoms with Crippen molar-refractivity contribution < 1.29 is 47.1 Å². The average molecular weight is 566 g/mol. The molecular weight excluding hydrogens is 516 g/mol. The molecule has 0 heterocycles. The molecule has 3 aliphatic rings. The molecule has 1 amide bonds. The highest BCUT2D eigenvalue weighted by Gasteiger charge is 2.64. The van der Waals surface area contributed by atoms with Gasteiger partial charge < -0.3 is 36.4 Å². The highest BCUT2D eigenvalue weighted by atomic mass is 16.3. The van der Waals surface area contributed by atoms with Crippen LogP contribution in [0.1, 0.15) is 56.0 Å². The van der Waals surface area contributed by atoms with Crippen LogP contribution in [0.25, 0.3) is 5.76 Å². The van der Waals surface area contributed by atoms with E-state index in [1.807, 2.05) is 0 Å². The first-order valence-electron chi connectivity index (χ1n) is 17.1. The number of hydrogen-bond donors (Lipinski definition) is 6. The van der Waals surface area contributed by atoms with Crippen molar-refractivity contribution in [1.29, 1.82) is 0 Å². The molecule has 11 heteroatoms. The molecule has 0 aromatic heterocycles.